The van der Waals surface area contributed by atoms with E-state index in [0.717, 1.165) is 31.4 Å². The summed E-state index contributed by atoms with van der Waals surface area (Å²) < 4.78 is 6.15. The van der Waals surface area contributed by atoms with Crippen molar-refractivity contribution < 1.29 is 14.3 Å². The van der Waals surface area contributed by atoms with E-state index in [-0.39, 0.29) is 30.5 Å². The molecule has 8 heteroatoms. The molecule has 1 atom stereocenters. The Kier molecular flexibility index (Phi) is 6.51. The van der Waals surface area contributed by atoms with E-state index >= 15 is 0 Å². The van der Waals surface area contributed by atoms with Crippen molar-refractivity contribution in [1.82, 2.24) is 19.8 Å². The van der Waals surface area contributed by atoms with Crippen LogP contribution in [-0.4, -0.2) is 63.4 Å². The van der Waals surface area contributed by atoms with Gasteiger partial charge < -0.3 is 14.5 Å². The van der Waals surface area contributed by atoms with Gasteiger partial charge in [-0.1, -0.05) is 25.3 Å². The molecule has 1 unspecified atom stereocenters. The summed E-state index contributed by atoms with van der Waals surface area (Å²) in [6.07, 6.45) is 8.64. The monoisotopic (exact) mass is 414 g/mol. The Morgan fingerprint density at radius 2 is 2.07 bits per heavy atom. The van der Waals surface area contributed by atoms with E-state index in [1.165, 1.54) is 17.8 Å². The molecule has 2 aromatic rings. The van der Waals surface area contributed by atoms with Crippen molar-refractivity contribution in [2.24, 2.45) is 0 Å². The number of thiazole rings is 1. The van der Waals surface area contributed by atoms with Gasteiger partial charge in [0, 0.05) is 25.3 Å². The molecule has 0 bridgehead atoms. The summed E-state index contributed by atoms with van der Waals surface area (Å²) in [5, 5.41) is 0. The summed E-state index contributed by atoms with van der Waals surface area (Å²) in [5.41, 5.74) is 2.48. The third kappa shape index (κ3) is 5.00. The average Bonchev–Trinajstić information content (AvgIpc) is 3.24. The summed E-state index contributed by atoms with van der Waals surface area (Å²) in [6, 6.07) is 5.96. The second-order valence-electron chi connectivity index (χ2n) is 7.64. The van der Waals surface area contributed by atoms with Gasteiger partial charge >= 0.3 is 0 Å². The van der Waals surface area contributed by atoms with Crippen LogP contribution in [0.3, 0.4) is 0 Å². The van der Waals surface area contributed by atoms with E-state index in [0.29, 0.717) is 24.6 Å². The van der Waals surface area contributed by atoms with Gasteiger partial charge in [0.1, 0.15) is 11.4 Å². The molecule has 2 amide bonds. The first-order chi connectivity index (χ1) is 14.2. The summed E-state index contributed by atoms with van der Waals surface area (Å²) in [4.78, 5) is 38.4. The van der Waals surface area contributed by atoms with Gasteiger partial charge in [-0.15, -0.1) is 11.3 Å². The minimum absolute atomic E-state index is 0.0127. The van der Waals surface area contributed by atoms with Crippen LogP contribution >= 0.6 is 11.3 Å². The van der Waals surface area contributed by atoms with Crippen molar-refractivity contribution in [2.75, 3.05) is 19.6 Å². The highest BCUT2D eigenvalue weighted by Crippen LogP contribution is 2.25. The second kappa shape index (κ2) is 9.45. The molecule has 154 valence electrons. The lowest BCUT2D eigenvalue weighted by molar-refractivity contribution is -0.134. The molecule has 29 heavy (non-hydrogen) atoms. The topological polar surface area (TPSA) is 75.6 Å². The van der Waals surface area contributed by atoms with Crippen LogP contribution in [0.4, 0.5) is 0 Å². The predicted octanol–water partition coefficient (Wildman–Crippen LogP) is 2.74. The van der Waals surface area contributed by atoms with Crippen LogP contribution < -0.4 is 0 Å². The third-order valence-electron chi connectivity index (χ3n) is 5.61. The normalized spacial score (nSPS) is 21.2. The number of ether oxygens (including phenoxy) is 1. The van der Waals surface area contributed by atoms with Crippen LogP contribution in [0.5, 0.6) is 0 Å². The first-order valence-corrected chi connectivity index (χ1v) is 11.1. The van der Waals surface area contributed by atoms with Gasteiger partial charge in [-0.3, -0.25) is 19.6 Å². The van der Waals surface area contributed by atoms with Crippen molar-refractivity contribution in [3.05, 3.63) is 46.7 Å². The number of carbonyl (C=O) groups is 2. The Bertz CT molecular complexity index is 809. The highest BCUT2D eigenvalue weighted by atomic mass is 32.1. The standard InChI is InChI=1S/C21H26N4O3S/c26-20-13-24(21(27)19-10-22-15-29-19)11-18(28-14-16-6-4-5-9-23-16)12-25(20)17-7-2-1-3-8-17/h4-6,9-10,15,17-18H,1-3,7-8,11-14H2. The van der Waals surface area contributed by atoms with Gasteiger partial charge in [0.05, 0.1) is 30.1 Å². The van der Waals surface area contributed by atoms with E-state index in [2.05, 4.69) is 9.97 Å². The SMILES string of the molecule is O=C(c1cncs1)N1CC(=O)N(C2CCCCC2)CC(OCc2ccccn2)C1. The third-order valence-corrected chi connectivity index (χ3v) is 6.37. The molecule has 1 aliphatic heterocycles. The number of aromatic nitrogens is 2. The lowest BCUT2D eigenvalue weighted by Gasteiger charge is -2.34. The maximum Gasteiger partial charge on any atom is 0.266 e. The van der Waals surface area contributed by atoms with Crippen LogP contribution in [0.25, 0.3) is 0 Å². The molecule has 7 nitrogen and oxygen atoms in total. The first kappa shape index (κ1) is 20.0. The smallest absolute Gasteiger partial charge is 0.266 e. The number of hydrogen-bond donors (Lipinski definition) is 0. The Labute approximate surface area is 174 Å². The summed E-state index contributed by atoms with van der Waals surface area (Å²) >= 11 is 1.29. The molecule has 1 aliphatic carbocycles. The van der Waals surface area contributed by atoms with Crippen molar-refractivity contribution >= 4 is 23.2 Å². The van der Waals surface area contributed by atoms with E-state index in [1.54, 1.807) is 22.8 Å². The number of nitrogens with zero attached hydrogens (tertiary/aromatic N) is 4. The van der Waals surface area contributed by atoms with Crippen LogP contribution in [0.2, 0.25) is 0 Å². The molecular formula is C21H26N4O3S. The minimum atomic E-state index is -0.248. The molecular weight excluding hydrogens is 388 g/mol. The van der Waals surface area contributed by atoms with Crippen LogP contribution in [0.15, 0.2) is 36.1 Å². The molecule has 0 radical (unpaired) electrons. The average molecular weight is 415 g/mol. The van der Waals surface area contributed by atoms with Crippen LogP contribution in [0, 0.1) is 0 Å². The summed E-state index contributed by atoms with van der Waals surface area (Å²) in [7, 11) is 0. The quantitative estimate of drug-likeness (QED) is 0.752. The van der Waals surface area contributed by atoms with Crippen LogP contribution in [-0.2, 0) is 16.1 Å². The van der Waals surface area contributed by atoms with Crippen LogP contribution in [0.1, 0.15) is 47.5 Å². The number of amides is 2. The molecule has 0 spiro atoms. The zero-order valence-electron chi connectivity index (χ0n) is 16.4. The largest absolute Gasteiger partial charge is 0.368 e. The van der Waals surface area contributed by atoms with Gasteiger partial charge in [-0.2, -0.15) is 0 Å². The van der Waals surface area contributed by atoms with E-state index in [1.807, 2.05) is 23.1 Å². The van der Waals surface area contributed by atoms with E-state index in [9.17, 15) is 9.59 Å². The second-order valence-corrected chi connectivity index (χ2v) is 8.53. The lowest BCUT2D eigenvalue weighted by atomic mass is 9.94. The van der Waals surface area contributed by atoms with Gasteiger partial charge in [-0.05, 0) is 25.0 Å². The predicted molar refractivity (Wildman–Crippen MR) is 109 cm³/mol. The molecule has 1 saturated heterocycles. The molecule has 2 fully saturated rings. The van der Waals surface area contributed by atoms with Gasteiger partial charge in [-0.25, -0.2) is 0 Å². The number of carbonyl (C=O) groups excluding carboxylic acids is 2. The Morgan fingerprint density at radius 3 is 2.79 bits per heavy atom. The molecule has 0 N–H and O–H groups in total. The van der Waals surface area contributed by atoms with Crippen molar-refractivity contribution in [3.63, 3.8) is 0 Å². The molecule has 2 aromatic heterocycles. The maximum atomic E-state index is 13.1. The fourth-order valence-electron chi connectivity index (χ4n) is 4.11. The van der Waals surface area contributed by atoms with E-state index in [4.69, 9.17) is 4.74 Å². The maximum absolute atomic E-state index is 13.1. The van der Waals surface area contributed by atoms with Crippen molar-refractivity contribution in [2.45, 2.75) is 50.9 Å². The fourth-order valence-corrected chi connectivity index (χ4v) is 4.70. The molecule has 3 heterocycles. The molecule has 2 aliphatic rings. The van der Waals surface area contributed by atoms with Crippen molar-refractivity contribution in [1.29, 1.82) is 0 Å². The number of rotatable bonds is 5. The zero-order chi connectivity index (χ0) is 20.1. The Balaban J connectivity index is 1.51. The molecule has 0 aromatic carbocycles. The van der Waals surface area contributed by atoms with Gasteiger partial charge in [0.25, 0.3) is 5.91 Å². The Hall–Kier alpha value is -2.32. The van der Waals surface area contributed by atoms with Crippen molar-refractivity contribution in [3.8, 4) is 0 Å². The Morgan fingerprint density at radius 1 is 1.21 bits per heavy atom. The van der Waals surface area contributed by atoms with E-state index < -0.39 is 0 Å². The minimum Gasteiger partial charge on any atom is -0.368 e. The summed E-state index contributed by atoms with van der Waals surface area (Å²) in [5.74, 6) is -0.142. The molecule has 4 rings (SSSR count). The first-order valence-electron chi connectivity index (χ1n) is 10.2. The summed E-state index contributed by atoms with van der Waals surface area (Å²) in [6.45, 7) is 1.36. The lowest BCUT2D eigenvalue weighted by Crippen LogP contribution is -2.46. The molecule has 1 saturated carbocycles. The fraction of sp³-hybridized carbons (Fsp3) is 0.524. The highest BCUT2D eigenvalue weighted by Gasteiger charge is 2.35. The number of hydrogen-bond acceptors (Lipinski definition) is 6. The van der Waals surface area contributed by atoms with Gasteiger partial charge in [0.15, 0.2) is 0 Å². The highest BCUT2D eigenvalue weighted by molar-refractivity contribution is 7.11. The van der Waals surface area contributed by atoms with Gasteiger partial charge in [0.2, 0.25) is 5.91 Å². The zero-order valence-corrected chi connectivity index (χ0v) is 17.2. The number of pyridine rings is 1.